The molecular formula is C13H18F2N2O3. The Morgan fingerprint density at radius 1 is 1.40 bits per heavy atom. The van der Waals surface area contributed by atoms with E-state index >= 15 is 0 Å². The van der Waals surface area contributed by atoms with Gasteiger partial charge in [0.25, 0.3) is 6.43 Å². The number of hydrogen-bond acceptors (Lipinski definition) is 4. The average Bonchev–Trinajstić information content (AvgIpc) is 2.36. The van der Waals surface area contributed by atoms with Crippen LogP contribution in [-0.2, 0) is 6.54 Å². The van der Waals surface area contributed by atoms with Gasteiger partial charge in [-0.25, -0.2) is 8.78 Å². The Kier molecular flexibility index (Phi) is 6.30. The Labute approximate surface area is 116 Å². The molecule has 0 fully saturated rings. The molecule has 0 aliphatic carbocycles. The second-order valence-corrected chi connectivity index (χ2v) is 4.79. The van der Waals surface area contributed by atoms with Gasteiger partial charge in [0.15, 0.2) is 5.75 Å². The van der Waals surface area contributed by atoms with Gasteiger partial charge in [0.05, 0.1) is 4.92 Å². The molecule has 0 unspecified atom stereocenters. The molecule has 0 aliphatic heterocycles. The molecule has 112 valence electrons. The monoisotopic (exact) mass is 288 g/mol. The summed E-state index contributed by atoms with van der Waals surface area (Å²) >= 11 is 0. The molecule has 0 bridgehead atoms. The molecule has 1 rings (SSSR count). The van der Waals surface area contributed by atoms with Crippen molar-refractivity contribution < 1.29 is 18.4 Å². The number of halogens is 2. The number of hydrogen-bond donors (Lipinski definition) is 1. The van der Waals surface area contributed by atoms with Crippen LogP contribution < -0.4 is 10.1 Å². The smallest absolute Gasteiger partial charge is 0.311 e. The second kappa shape index (κ2) is 7.74. The van der Waals surface area contributed by atoms with E-state index in [4.69, 9.17) is 4.74 Å². The SMILES string of the molecule is CC(C)CNCc1ccc(OCC(F)F)c([N+](=O)[O-])c1. The summed E-state index contributed by atoms with van der Waals surface area (Å²) in [6.07, 6.45) is -2.66. The lowest BCUT2D eigenvalue weighted by atomic mass is 10.1. The molecule has 0 aromatic heterocycles. The van der Waals surface area contributed by atoms with Crippen LogP contribution in [0.1, 0.15) is 19.4 Å². The molecule has 0 heterocycles. The second-order valence-electron chi connectivity index (χ2n) is 4.79. The zero-order chi connectivity index (χ0) is 15.1. The van der Waals surface area contributed by atoms with Crippen LogP contribution in [0.3, 0.4) is 0 Å². The molecule has 7 heteroatoms. The molecule has 0 amide bonds. The van der Waals surface area contributed by atoms with E-state index in [0.717, 1.165) is 6.54 Å². The molecule has 0 atom stereocenters. The summed E-state index contributed by atoms with van der Waals surface area (Å²) < 4.78 is 28.9. The summed E-state index contributed by atoms with van der Waals surface area (Å²) in [4.78, 5) is 10.3. The van der Waals surface area contributed by atoms with Crippen molar-refractivity contribution in [2.24, 2.45) is 5.92 Å². The number of nitro benzene ring substituents is 1. The lowest BCUT2D eigenvalue weighted by Gasteiger charge is -2.09. The van der Waals surface area contributed by atoms with E-state index < -0.39 is 18.0 Å². The number of rotatable bonds is 8. The molecular weight excluding hydrogens is 270 g/mol. The Bertz CT molecular complexity index is 453. The summed E-state index contributed by atoms with van der Waals surface area (Å²) in [5.74, 6) is 0.335. The van der Waals surface area contributed by atoms with E-state index in [-0.39, 0.29) is 11.4 Å². The van der Waals surface area contributed by atoms with Gasteiger partial charge in [-0.05, 0) is 24.1 Å². The standard InChI is InChI=1S/C13H18F2N2O3/c1-9(2)6-16-7-10-3-4-12(20-8-13(14)15)11(5-10)17(18)19/h3-5,9,13,16H,6-8H2,1-2H3. The van der Waals surface area contributed by atoms with Gasteiger partial charge in [0.2, 0.25) is 0 Å². The first-order valence-electron chi connectivity index (χ1n) is 6.29. The number of nitrogens with zero attached hydrogens (tertiary/aromatic N) is 1. The lowest BCUT2D eigenvalue weighted by Crippen LogP contribution is -2.19. The maximum atomic E-state index is 12.1. The predicted octanol–water partition coefficient (Wildman–Crippen LogP) is 2.98. The van der Waals surface area contributed by atoms with Crippen LogP contribution in [0.5, 0.6) is 5.75 Å². The van der Waals surface area contributed by atoms with Gasteiger partial charge in [-0.3, -0.25) is 10.1 Å². The molecule has 1 aromatic rings. The predicted molar refractivity (Wildman–Crippen MR) is 71.1 cm³/mol. The Hall–Kier alpha value is -1.76. The van der Waals surface area contributed by atoms with E-state index in [0.29, 0.717) is 18.0 Å². The Morgan fingerprint density at radius 3 is 2.65 bits per heavy atom. The lowest BCUT2D eigenvalue weighted by molar-refractivity contribution is -0.386. The van der Waals surface area contributed by atoms with Gasteiger partial charge in [-0.15, -0.1) is 0 Å². The van der Waals surface area contributed by atoms with E-state index in [1.54, 1.807) is 6.07 Å². The summed E-state index contributed by atoms with van der Waals surface area (Å²) in [6, 6.07) is 4.32. The van der Waals surface area contributed by atoms with Crippen LogP contribution in [-0.4, -0.2) is 24.5 Å². The highest BCUT2D eigenvalue weighted by Gasteiger charge is 2.17. The third kappa shape index (κ3) is 5.48. The van der Waals surface area contributed by atoms with E-state index in [9.17, 15) is 18.9 Å². The van der Waals surface area contributed by atoms with Gasteiger partial charge in [-0.2, -0.15) is 0 Å². The summed E-state index contributed by atoms with van der Waals surface area (Å²) in [5.41, 5.74) is 0.413. The van der Waals surface area contributed by atoms with Crippen LogP contribution in [0, 0.1) is 16.0 Å². The first-order valence-corrected chi connectivity index (χ1v) is 6.29. The molecule has 1 aromatic carbocycles. The van der Waals surface area contributed by atoms with E-state index in [1.165, 1.54) is 12.1 Å². The van der Waals surface area contributed by atoms with Crippen molar-refractivity contribution in [1.82, 2.24) is 5.32 Å². The van der Waals surface area contributed by atoms with Gasteiger partial charge < -0.3 is 10.1 Å². The van der Waals surface area contributed by atoms with Crippen LogP contribution >= 0.6 is 0 Å². The minimum Gasteiger partial charge on any atom is -0.481 e. The maximum absolute atomic E-state index is 12.1. The minimum atomic E-state index is -2.66. The summed E-state index contributed by atoms with van der Waals surface area (Å²) in [6.45, 7) is 4.52. The fraction of sp³-hybridized carbons (Fsp3) is 0.538. The Balaban J connectivity index is 2.76. The first kappa shape index (κ1) is 16.3. The molecule has 0 saturated carbocycles. The van der Waals surface area contributed by atoms with Crippen LogP contribution in [0.2, 0.25) is 0 Å². The number of nitrogens with one attached hydrogen (secondary N) is 1. The summed E-state index contributed by atoms with van der Waals surface area (Å²) in [5, 5.41) is 14.1. The fourth-order valence-corrected chi connectivity index (χ4v) is 1.60. The van der Waals surface area contributed by atoms with Gasteiger partial charge in [-0.1, -0.05) is 19.9 Å². The maximum Gasteiger partial charge on any atom is 0.311 e. The normalized spacial score (nSPS) is 11.1. The summed E-state index contributed by atoms with van der Waals surface area (Å²) in [7, 11) is 0. The van der Waals surface area contributed by atoms with Crippen molar-refractivity contribution in [1.29, 1.82) is 0 Å². The zero-order valence-corrected chi connectivity index (χ0v) is 11.4. The third-order valence-corrected chi connectivity index (χ3v) is 2.47. The van der Waals surface area contributed by atoms with Crippen molar-refractivity contribution in [3.8, 4) is 5.75 Å². The van der Waals surface area contributed by atoms with Crippen molar-refractivity contribution >= 4 is 5.69 Å². The molecule has 0 radical (unpaired) electrons. The van der Waals surface area contributed by atoms with Crippen LogP contribution in [0.25, 0.3) is 0 Å². The highest BCUT2D eigenvalue weighted by Crippen LogP contribution is 2.28. The quantitative estimate of drug-likeness (QED) is 0.590. The number of alkyl halides is 2. The molecule has 0 spiro atoms. The number of benzene rings is 1. The van der Waals surface area contributed by atoms with Crippen molar-refractivity contribution in [2.45, 2.75) is 26.8 Å². The van der Waals surface area contributed by atoms with Crippen molar-refractivity contribution in [3.63, 3.8) is 0 Å². The van der Waals surface area contributed by atoms with Gasteiger partial charge in [0, 0.05) is 12.6 Å². The van der Waals surface area contributed by atoms with Gasteiger partial charge in [0.1, 0.15) is 6.61 Å². The van der Waals surface area contributed by atoms with Crippen molar-refractivity contribution in [2.75, 3.05) is 13.2 Å². The number of ether oxygens (including phenoxy) is 1. The highest BCUT2D eigenvalue weighted by atomic mass is 19.3. The molecule has 20 heavy (non-hydrogen) atoms. The molecule has 0 saturated heterocycles. The molecule has 0 aliphatic rings. The largest absolute Gasteiger partial charge is 0.481 e. The van der Waals surface area contributed by atoms with Crippen molar-refractivity contribution in [3.05, 3.63) is 33.9 Å². The average molecular weight is 288 g/mol. The highest BCUT2D eigenvalue weighted by molar-refractivity contribution is 5.48. The Morgan fingerprint density at radius 2 is 2.10 bits per heavy atom. The third-order valence-electron chi connectivity index (χ3n) is 2.47. The van der Waals surface area contributed by atoms with E-state index in [2.05, 4.69) is 19.2 Å². The fourth-order valence-electron chi connectivity index (χ4n) is 1.60. The first-order chi connectivity index (χ1) is 9.40. The molecule has 5 nitrogen and oxygen atoms in total. The molecule has 1 N–H and O–H groups in total. The minimum absolute atomic E-state index is 0.136. The number of nitro groups is 1. The van der Waals surface area contributed by atoms with Crippen LogP contribution in [0.4, 0.5) is 14.5 Å². The zero-order valence-electron chi connectivity index (χ0n) is 11.4. The van der Waals surface area contributed by atoms with E-state index in [1.807, 2.05) is 0 Å². The van der Waals surface area contributed by atoms with Gasteiger partial charge >= 0.3 is 5.69 Å². The topological polar surface area (TPSA) is 64.4 Å². The van der Waals surface area contributed by atoms with Crippen LogP contribution in [0.15, 0.2) is 18.2 Å².